The van der Waals surface area contributed by atoms with Crippen molar-refractivity contribution in [3.05, 3.63) is 5.70 Å². The fraction of sp³-hybridized carbons (Fsp3) is 0. The number of amides is 2. The van der Waals surface area contributed by atoms with Crippen LogP contribution in [0.5, 0.6) is 0 Å². The highest BCUT2D eigenvalue weighted by molar-refractivity contribution is 6.47. The van der Waals surface area contributed by atoms with E-state index in [1.807, 2.05) is 5.32 Å². The van der Waals surface area contributed by atoms with Crippen molar-refractivity contribution in [3.63, 3.8) is 0 Å². The Kier molecular flexibility index (Phi) is 1.54. The van der Waals surface area contributed by atoms with Crippen LogP contribution in [0.3, 0.4) is 0 Å². The molecule has 6 nitrogen and oxygen atoms in total. The summed E-state index contributed by atoms with van der Waals surface area (Å²) >= 11 is 0. The van der Waals surface area contributed by atoms with E-state index in [0.717, 1.165) is 0 Å². The molecular formula is C5H2N2O4. The van der Waals surface area contributed by atoms with E-state index in [1.165, 1.54) is 5.94 Å². The largest absolute Gasteiger partial charge is 0.476 e. The summed E-state index contributed by atoms with van der Waals surface area (Å²) in [6.45, 7) is 0. The van der Waals surface area contributed by atoms with Crippen LogP contribution in [-0.2, 0) is 9.59 Å². The molecule has 0 fully saturated rings. The number of nitrogens with zero attached hydrogens (tertiary/aromatic N) is 1. The lowest BCUT2D eigenvalue weighted by Gasteiger charge is -1.88. The Balaban J connectivity index is 3.11. The van der Waals surface area contributed by atoms with Gasteiger partial charge in [-0.2, -0.15) is 4.99 Å². The lowest BCUT2D eigenvalue weighted by atomic mass is 10.3. The molecule has 0 aromatic rings. The second kappa shape index (κ2) is 2.36. The third-order valence-electron chi connectivity index (χ3n) is 0.987. The molecule has 0 aromatic carbocycles. The molecular weight excluding hydrogens is 152 g/mol. The van der Waals surface area contributed by atoms with Gasteiger partial charge in [0.15, 0.2) is 17.4 Å². The van der Waals surface area contributed by atoms with Crippen molar-refractivity contribution in [3.8, 4) is 0 Å². The zero-order valence-corrected chi connectivity index (χ0v) is 5.12. The van der Waals surface area contributed by atoms with Crippen LogP contribution in [0.1, 0.15) is 0 Å². The number of carboxylic acid groups (broad SMARTS) is 1. The van der Waals surface area contributed by atoms with E-state index in [9.17, 15) is 14.4 Å². The molecule has 11 heavy (non-hydrogen) atoms. The molecule has 1 aliphatic rings. The molecule has 0 saturated carbocycles. The smallest absolute Gasteiger partial charge is 0.357 e. The third-order valence-corrected chi connectivity index (χ3v) is 0.987. The molecule has 1 heterocycles. The van der Waals surface area contributed by atoms with E-state index in [4.69, 9.17) is 5.11 Å². The molecule has 0 atom stereocenters. The van der Waals surface area contributed by atoms with Crippen LogP contribution in [0.15, 0.2) is 10.7 Å². The number of carbonyl (C=O) groups excluding carboxylic acids is 2. The van der Waals surface area contributed by atoms with Crippen molar-refractivity contribution in [2.45, 2.75) is 0 Å². The number of rotatable bonds is 1. The first kappa shape index (κ1) is 7.17. The average molecular weight is 154 g/mol. The van der Waals surface area contributed by atoms with Gasteiger partial charge in [0.05, 0.1) is 0 Å². The average Bonchev–Trinajstić information content (AvgIpc) is 2.30. The van der Waals surface area contributed by atoms with Gasteiger partial charge >= 0.3 is 12.0 Å². The van der Waals surface area contributed by atoms with Crippen molar-refractivity contribution in [1.82, 2.24) is 5.32 Å². The van der Waals surface area contributed by atoms with Gasteiger partial charge in [0.1, 0.15) is 0 Å². The molecule has 0 aromatic heterocycles. The first-order valence-electron chi connectivity index (χ1n) is 2.53. The van der Waals surface area contributed by atoms with Crippen LogP contribution in [-0.4, -0.2) is 28.8 Å². The number of nitrogens with one attached hydrogen (secondary N) is 1. The van der Waals surface area contributed by atoms with E-state index < -0.39 is 23.4 Å². The van der Waals surface area contributed by atoms with Crippen LogP contribution in [0.25, 0.3) is 0 Å². The molecule has 0 spiro atoms. The Labute approximate surface area is 60.2 Å². The quantitative estimate of drug-likeness (QED) is 0.471. The van der Waals surface area contributed by atoms with Crippen LogP contribution < -0.4 is 5.32 Å². The minimum atomic E-state index is -1.43. The van der Waals surface area contributed by atoms with Gasteiger partial charge in [-0.1, -0.05) is 0 Å². The monoisotopic (exact) mass is 154 g/mol. The van der Waals surface area contributed by atoms with Crippen molar-refractivity contribution in [2.24, 2.45) is 4.99 Å². The van der Waals surface area contributed by atoms with Crippen molar-refractivity contribution in [1.29, 1.82) is 0 Å². The maximum Gasteiger partial charge on any atom is 0.357 e. The molecule has 6 heteroatoms. The fourth-order valence-electron chi connectivity index (χ4n) is 0.580. The maximum atomic E-state index is 10.4. The normalized spacial score (nSPS) is 15.5. The zero-order valence-electron chi connectivity index (χ0n) is 5.12. The standard InChI is InChI=1S/C5H2N2O4/c8-1-2-3(4(9)10)7-5(11)6-2/h(H,6,11)(H,9,10). The van der Waals surface area contributed by atoms with Gasteiger partial charge in [0.2, 0.25) is 0 Å². The van der Waals surface area contributed by atoms with E-state index in [2.05, 4.69) is 4.99 Å². The molecule has 2 N–H and O–H groups in total. The number of aliphatic carboxylic acids is 1. The van der Waals surface area contributed by atoms with Gasteiger partial charge < -0.3 is 5.11 Å². The van der Waals surface area contributed by atoms with E-state index in [-0.39, 0.29) is 0 Å². The van der Waals surface area contributed by atoms with Crippen LogP contribution in [0, 0.1) is 0 Å². The lowest BCUT2D eigenvalue weighted by Crippen LogP contribution is -2.20. The van der Waals surface area contributed by atoms with Crippen LogP contribution >= 0.6 is 0 Å². The zero-order chi connectivity index (χ0) is 8.43. The number of hydrogen-bond donors (Lipinski definition) is 2. The highest BCUT2D eigenvalue weighted by Gasteiger charge is 2.26. The Hall–Kier alpha value is -1.94. The summed E-state index contributed by atoms with van der Waals surface area (Å²) in [5.74, 6) is -0.180. The predicted molar refractivity (Wildman–Crippen MR) is 32.8 cm³/mol. The number of carbonyl (C=O) groups is 2. The fourth-order valence-corrected chi connectivity index (χ4v) is 0.580. The molecule has 1 rings (SSSR count). The van der Waals surface area contributed by atoms with Crippen LogP contribution in [0.2, 0.25) is 0 Å². The van der Waals surface area contributed by atoms with Gasteiger partial charge in [-0.15, -0.1) is 0 Å². The summed E-state index contributed by atoms with van der Waals surface area (Å²) in [7, 11) is 0. The molecule has 0 radical (unpaired) electrons. The van der Waals surface area contributed by atoms with Gasteiger partial charge in [-0.05, 0) is 0 Å². The third kappa shape index (κ3) is 1.15. The Morgan fingerprint density at radius 1 is 1.64 bits per heavy atom. The summed E-state index contributed by atoms with van der Waals surface area (Å²) in [5, 5.41) is 10.2. The highest BCUT2D eigenvalue weighted by Crippen LogP contribution is 1.99. The summed E-state index contributed by atoms with van der Waals surface area (Å²) in [5.41, 5.74) is -1.02. The Morgan fingerprint density at radius 3 is 2.64 bits per heavy atom. The summed E-state index contributed by atoms with van der Waals surface area (Å²) in [6.07, 6.45) is 0. The van der Waals surface area contributed by atoms with Gasteiger partial charge in [0.25, 0.3) is 0 Å². The maximum absolute atomic E-state index is 10.4. The summed E-state index contributed by atoms with van der Waals surface area (Å²) in [6, 6.07) is -0.860. The molecule has 56 valence electrons. The second-order valence-electron chi connectivity index (χ2n) is 1.67. The molecule has 2 amide bonds. The Morgan fingerprint density at radius 2 is 2.27 bits per heavy atom. The number of carboxylic acids is 1. The highest BCUT2D eigenvalue weighted by atomic mass is 16.4. The van der Waals surface area contributed by atoms with E-state index in [1.54, 1.807) is 0 Å². The van der Waals surface area contributed by atoms with Gasteiger partial charge in [0, 0.05) is 0 Å². The van der Waals surface area contributed by atoms with Crippen molar-refractivity contribution < 1.29 is 19.5 Å². The molecule has 1 aliphatic heterocycles. The molecule has 0 aliphatic carbocycles. The van der Waals surface area contributed by atoms with E-state index in [0.29, 0.717) is 0 Å². The first-order chi connectivity index (χ1) is 5.15. The molecule has 0 unspecified atom stereocenters. The second-order valence-corrected chi connectivity index (χ2v) is 1.67. The first-order valence-corrected chi connectivity index (χ1v) is 2.53. The number of aliphatic imine (C=N–C) groups is 1. The number of urea groups is 1. The summed E-state index contributed by atoms with van der Waals surface area (Å²) < 4.78 is 0. The summed E-state index contributed by atoms with van der Waals surface area (Å²) in [4.78, 5) is 33.5. The Bertz CT molecular complexity index is 310. The minimum absolute atomic E-state index is 0.428. The molecule has 0 bridgehead atoms. The lowest BCUT2D eigenvalue weighted by molar-refractivity contribution is -0.129. The van der Waals surface area contributed by atoms with Crippen molar-refractivity contribution in [2.75, 3.05) is 0 Å². The SMILES string of the molecule is O=C=C1NC(=O)N=C1C(=O)O. The molecule has 0 saturated heterocycles. The predicted octanol–water partition coefficient (Wildman–Crippen LogP) is -1.05. The van der Waals surface area contributed by atoms with Crippen LogP contribution in [0.4, 0.5) is 4.79 Å². The number of hydrogen-bond acceptors (Lipinski definition) is 3. The van der Waals surface area contributed by atoms with E-state index >= 15 is 0 Å². The van der Waals surface area contributed by atoms with Crippen molar-refractivity contribution >= 4 is 23.7 Å². The minimum Gasteiger partial charge on any atom is -0.476 e. The van der Waals surface area contributed by atoms with Gasteiger partial charge in [-0.3, -0.25) is 5.32 Å². The topological polar surface area (TPSA) is 95.8 Å². The van der Waals surface area contributed by atoms with Gasteiger partial charge in [-0.25, -0.2) is 14.4 Å².